The van der Waals surface area contributed by atoms with E-state index in [-0.39, 0.29) is 334 Å². The first kappa shape index (κ1) is 85.1. The van der Waals surface area contributed by atoms with Crippen LogP contribution in [0, 0.1) is 0 Å². The second-order valence-electron chi connectivity index (χ2n) is 28.3. The molecule has 12 fully saturated rings. The van der Waals surface area contributed by atoms with Gasteiger partial charge in [0.2, 0.25) is 0 Å². The standard InChI is InChI=1S/C58H78N16O24S4.4K/c1-55-57(3)71-31-63-45-43-59(47(63)75)29-61-44-46-65(49(61)77)33-73-53(81)69-27-37-38(42(98-20-8-12-24-102(92,93)94)16-15-41(37)97-19-7-11-23-101(89,90)91)28-70-54(82)74(58(73,4)56(69,70)2)34-66(46)50(78)62(44)30-60(43)48(76)64(45)32-72(57)52(80)68(55)26-36-35(25-67(55)51(71)79)39(95-17-5-9-21-99(83,84)85)13-14-40(36)96-18-6-10-22-100(86,87)88;;;;/h13-14,43-46H,5-12,15-34H2,1-4H3,(H,83,84,85)(H,86,87,88)(H,89,90,91)(H,92,93,94);;;;/q;4*+1/p-4. The third-order valence-electron chi connectivity index (χ3n) is 23.1. The minimum Gasteiger partial charge on any atom is -0.748 e. The fourth-order valence-electron chi connectivity index (χ4n) is 17.7. The van der Waals surface area contributed by atoms with E-state index in [9.17, 15) is 51.9 Å². The summed E-state index contributed by atoms with van der Waals surface area (Å²) in [5.74, 6) is -1.30. The fourth-order valence-corrected chi connectivity index (χ4v) is 20.0. The van der Waals surface area contributed by atoms with Crippen molar-refractivity contribution in [3.63, 3.8) is 0 Å². The van der Waals surface area contributed by atoms with Crippen molar-refractivity contribution < 1.29 is 315 Å². The summed E-state index contributed by atoms with van der Waals surface area (Å²) in [7, 11) is -18.1. The second kappa shape index (κ2) is 30.5. The number of rotatable bonds is 24. The third kappa shape index (κ3) is 13.5. The number of hydrogen-bond acceptors (Lipinski definition) is 24. The van der Waals surface area contributed by atoms with Crippen molar-refractivity contribution in [2.24, 2.45) is 0 Å². The van der Waals surface area contributed by atoms with E-state index in [4.69, 9.17) is 18.9 Å². The molecule has 1 aliphatic carbocycles. The van der Waals surface area contributed by atoms with Crippen LogP contribution in [0.3, 0.4) is 0 Å². The Morgan fingerprint density at radius 3 is 0.811 bits per heavy atom. The summed E-state index contributed by atoms with van der Waals surface area (Å²) in [4.78, 5) is 147. The maximum absolute atomic E-state index is 15.7. The predicted molar refractivity (Wildman–Crippen MR) is 336 cm³/mol. The molecule has 106 heavy (non-hydrogen) atoms. The quantitative estimate of drug-likeness (QED) is 0.0527. The molecule has 40 nitrogen and oxygen atoms in total. The Morgan fingerprint density at radius 2 is 0.557 bits per heavy atom. The number of hydrogen-bond donors (Lipinski definition) is 0. The van der Waals surface area contributed by atoms with Crippen LogP contribution in [-0.4, -0.2) is 328 Å². The van der Waals surface area contributed by atoms with Gasteiger partial charge in [0.05, 0.1) is 93.1 Å². The van der Waals surface area contributed by atoms with E-state index in [1.165, 1.54) is 78.4 Å². The van der Waals surface area contributed by atoms with Crippen LogP contribution in [0.4, 0.5) is 38.4 Å². The third-order valence-corrected chi connectivity index (χ3v) is 26.3. The van der Waals surface area contributed by atoms with Crippen molar-refractivity contribution in [3.05, 3.63) is 45.9 Å². The predicted octanol–water partition coefficient (Wildman–Crippen LogP) is -12.0. The SMILES string of the molecule is CC12N3CC4=C(OCCCCS(=O)(=O)[O-])CCC(OCCCCS(=O)(=O)[O-])=C4CN1C(=O)N1CN4C(=O)N5CN6C(=O)N7CN8C(=O)N9Cc%10c(OCCCCS(=O)(=O)[O-])ccc(OCCCCS(=O)(=O)[O-])c%10CN%10C(=O)N(CN%11C(=O)N(CN%12C(=O)N(CN(C3=O)C12C)C4C%125)C6C%117)C8(C)C%109C.[K+].[K+].[K+].[K+]. The average molecular weight is 1660 g/mol. The molecular formula is C58H74K4N16O24S4. The maximum Gasteiger partial charge on any atom is 1.00 e. The van der Waals surface area contributed by atoms with Gasteiger partial charge in [0.1, 0.15) is 63.0 Å². The topological polar surface area (TPSA) is 454 Å². The first-order valence-electron chi connectivity index (χ1n) is 33.4. The molecule has 0 unspecified atom stereocenters. The number of unbranched alkanes of at least 4 members (excludes halogenated alkanes) is 4. The van der Waals surface area contributed by atoms with E-state index in [2.05, 4.69) is 0 Å². The molecule has 14 aliphatic rings. The minimum absolute atomic E-state index is 0. The van der Waals surface area contributed by atoms with E-state index in [0.717, 1.165) is 0 Å². The van der Waals surface area contributed by atoms with Crippen LogP contribution in [0.15, 0.2) is 34.8 Å². The molecule has 558 valence electrons. The van der Waals surface area contributed by atoms with Gasteiger partial charge in [0, 0.05) is 58.1 Å². The van der Waals surface area contributed by atoms with Crippen LogP contribution in [0.2, 0.25) is 0 Å². The summed E-state index contributed by atoms with van der Waals surface area (Å²) in [5, 5.41) is 0. The number of fused-ring (bicyclic) bond motifs is 2. The van der Waals surface area contributed by atoms with Gasteiger partial charge in [-0.05, 0) is 91.2 Å². The Hall–Kier alpha value is -1.75. The molecule has 0 spiro atoms. The number of amides is 16. The molecule has 0 radical (unpaired) electrons. The number of allylic oxidation sites excluding steroid dienone is 2. The van der Waals surface area contributed by atoms with E-state index >= 15 is 38.4 Å². The van der Waals surface area contributed by atoms with Crippen molar-refractivity contribution in [1.82, 2.24) is 78.4 Å². The molecule has 13 aliphatic heterocycles. The van der Waals surface area contributed by atoms with Gasteiger partial charge in [0.15, 0.2) is 47.3 Å². The molecule has 15 rings (SSSR count). The molecule has 1 aromatic rings. The van der Waals surface area contributed by atoms with Gasteiger partial charge in [-0.2, -0.15) is 0 Å². The van der Waals surface area contributed by atoms with E-state index in [1.54, 1.807) is 39.8 Å². The zero-order chi connectivity index (χ0) is 72.8. The van der Waals surface area contributed by atoms with Gasteiger partial charge < -0.3 is 37.2 Å². The zero-order valence-corrected chi connectivity index (χ0v) is 75.6. The van der Waals surface area contributed by atoms with Crippen LogP contribution in [0.1, 0.15) is 103 Å². The molecule has 0 aromatic heterocycles. The van der Waals surface area contributed by atoms with Gasteiger partial charge in [0.25, 0.3) is 0 Å². The maximum atomic E-state index is 15.7. The summed E-state index contributed by atoms with van der Waals surface area (Å²) in [6.45, 7) is 2.26. The molecule has 0 atom stereocenters. The summed E-state index contributed by atoms with van der Waals surface area (Å²) < 4.78 is 162. The first-order chi connectivity index (χ1) is 47.9. The molecule has 12 saturated heterocycles. The van der Waals surface area contributed by atoms with E-state index in [1.807, 2.05) is 0 Å². The summed E-state index contributed by atoms with van der Waals surface area (Å²) in [6, 6.07) is -2.48. The zero-order valence-electron chi connectivity index (χ0n) is 59.8. The van der Waals surface area contributed by atoms with Crippen molar-refractivity contribution in [2.75, 3.05) is 103 Å². The molecule has 0 N–H and O–H groups in total. The Morgan fingerprint density at radius 1 is 0.330 bits per heavy atom. The Balaban J connectivity index is 0.00000280. The number of benzene rings is 1. The Bertz CT molecular complexity index is 4180. The van der Waals surface area contributed by atoms with Crippen LogP contribution >= 0.6 is 0 Å². The van der Waals surface area contributed by atoms with Gasteiger partial charge in [-0.3, -0.25) is 78.4 Å². The molecule has 13 heterocycles. The van der Waals surface area contributed by atoms with Gasteiger partial charge in [-0.25, -0.2) is 72.0 Å². The minimum atomic E-state index is -4.53. The average Bonchev–Trinajstić information content (AvgIpc) is 1.49. The summed E-state index contributed by atoms with van der Waals surface area (Å²) >= 11 is 0. The fraction of sp³-hybridized carbons (Fsp3) is 0.690. The number of urea groups is 8. The van der Waals surface area contributed by atoms with E-state index < -0.39 is 199 Å². The number of carbonyl (C=O) groups excluding carboxylic acids is 8. The van der Waals surface area contributed by atoms with Crippen LogP contribution < -0.4 is 215 Å². The Labute approximate surface area is 781 Å². The monoisotopic (exact) mass is 1660 g/mol. The molecule has 48 heteroatoms. The number of carbonyl (C=O) groups is 8. The summed E-state index contributed by atoms with van der Waals surface area (Å²) in [5.41, 5.74) is -4.99. The van der Waals surface area contributed by atoms with Crippen molar-refractivity contribution in [1.29, 1.82) is 0 Å². The van der Waals surface area contributed by atoms with Crippen LogP contribution in [-0.2, 0) is 63.0 Å². The number of nitrogens with zero attached hydrogens (tertiary/aromatic N) is 16. The van der Waals surface area contributed by atoms with Crippen molar-refractivity contribution in [3.8, 4) is 11.5 Å². The largest absolute Gasteiger partial charge is 1.00 e. The molecule has 16 amide bonds. The molecular weight excluding hydrogens is 1590 g/mol. The van der Waals surface area contributed by atoms with Crippen molar-refractivity contribution in [2.45, 2.75) is 152 Å². The molecule has 1 aromatic carbocycles. The van der Waals surface area contributed by atoms with Crippen LogP contribution in [0.5, 0.6) is 11.5 Å². The second-order valence-corrected chi connectivity index (χ2v) is 34.3. The van der Waals surface area contributed by atoms with Gasteiger partial charge in [-0.15, -0.1) is 0 Å². The molecule has 0 bridgehead atoms. The van der Waals surface area contributed by atoms with Crippen molar-refractivity contribution >= 4 is 88.7 Å². The van der Waals surface area contributed by atoms with Gasteiger partial charge in [-0.1, -0.05) is 0 Å². The first-order valence-corrected chi connectivity index (χ1v) is 39.8. The normalized spacial score (nSPS) is 28.8. The van der Waals surface area contributed by atoms with E-state index in [0.29, 0.717) is 33.8 Å². The Kier molecular flexibility index (Phi) is 24.5. The van der Waals surface area contributed by atoms with Gasteiger partial charge >= 0.3 is 254 Å². The molecule has 0 saturated carbocycles. The smallest absolute Gasteiger partial charge is 0.748 e. The number of ether oxygens (including phenoxy) is 4. The summed E-state index contributed by atoms with van der Waals surface area (Å²) in [6.07, 6.45) is -4.16. The van der Waals surface area contributed by atoms with Crippen LogP contribution in [0.25, 0.3) is 0 Å².